The van der Waals surface area contributed by atoms with Crippen molar-refractivity contribution in [3.63, 3.8) is 0 Å². The Morgan fingerprint density at radius 3 is 2.82 bits per heavy atom. The van der Waals surface area contributed by atoms with Crippen LogP contribution in [0.25, 0.3) is 0 Å². The van der Waals surface area contributed by atoms with E-state index in [9.17, 15) is 9.50 Å². The molecule has 0 aromatic carbocycles. The van der Waals surface area contributed by atoms with E-state index in [2.05, 4.69) is 9.97 Å². The minimum absolute atomic E-state index is 0.398. The predicted octanol–water partition coefficient (Wildman–Crippen LogP) is 1.62. The third kappa shape index (κ3) is 2.88. The van der Waals surface area contributed by atoms with Crippen molar-refractivity contribution in [1.29, 1.82) is 0 Å². The Labute approximate surface area is 98.8 Å². The molecule has 17 heavy (non-hydrogen) atoms. The average Bonchev–Trinajstić information content (AvgIpc) is 2.73. The van der Waals surface area contributed by atoms with Crippen LogP contribution in [-0.2, 0) is 13.5 Å². The summed E-state index contributed by atoms with van der Waals surface area (Å²) in [5.74, 6) is 0.510. The fraction of sp³-hybridized carbons (Fsp3) is 0.333. The Balaban J connectivity index is 1.95. The van der Waals surface area contributed by atoms with Gasteiger partial charge < -0.3 is 9.67 Å². The van der Waals surface area contributed by atoms with Crippen LogP contribution in [0.15, 0.2) is 30.7 Å². The highest BCUT2D eigenvalue weighted by molar-refractivity contribution is 5.08. The molecule has 1 atom stereocenters. The van der Waals surface area contributed by atoms with E-state index in [0.29, 0.717) is 18.5 Å². The SMILES string of the molecule is Cn1ccnc1CCC(O)c1ccc(F)cn1. The number of aryl methyl sites for hydroxylation is 2. The molecule has 0 spiro atoms. The summed E-state index contributed by atoms with van der Waals surface area (Å²) in [6.07, 6.45) is 5.18. The standard InChI is InChI=1S/C12H14FN3O/c1-16-7-6-14-12(16)5-4-11(17)10-3-2-9(13)8-15-10/h2-3,6-8,11,17H,4-5H2,1H3. The van der Waals surface area contributed by atoms with E-state index in [1.807, 2.05) is 17.8 Å². The van der Waals surface area contributed by atoms with E-state index in [4.69, 9.17) is 0 Å². The zero-order valence-electron chi connectivity index (χ0n) is 9.55. The van der Waals surface area contributed by atoms with E-state index in [1.165, 1.54) is 12.1 Å². The molecule has 0 bridgehead atoms. The summed E-state index contributed by atoms with van der Waals surface area (Å²) in [5, 5.41) is 9.88. The van der Waals surface area contributed by atoms with Gasteiger partial charge in [-0.2, -0.15) is 0 Å². The molecule has 0 aliphatic rings. The normalized spacial score (nSPS) is 12.6. The minimum atomic E-state index is -0.688. The van der Waals surface area contributed by atoms with Gasteiger partial charge in [0.05, 0.1) is 18.0 Å². The predicted molar refractivity (Wildman–Crippen MR) is 60.7 cm³/mol. The molecule has 5 heteroatoms. The van der Waals surface area contributed by atoms with Gasteiger partial charge in [0.1, 0.15) is 11.6 Å². The van der Waals surface area contributed by atoms with Crippen LogP contribution in [-0.4, -0.2) is 19.6 Å². The first kappa shape index (κ1) is 11.7. The quantitative estimate of drug-likeness (QED) is 0.876. The first-order valence-electron chi connectivity index (χ1n) is 5.42. The molecule has 0 aliphatic heterocycles. The minimum Gasteiger partial charge on any atom is -0.387 e. The third-order valence-corrected chi connectivity index (χ3v) is 2.65. The van der Waals surface area contributed by atoms with Crippen molar-refractivity contribution in [2.45, 2.75) is 18.9 Å². The van der Waals surface area contributed by atoms with Crippen molar-refractivity contribution < 1.29 is 9.50 Å². The van der Waals surface area contributed by atoms with Gasteiger partial charge in [0.25, 0.3) is 0 Å². The number of pyridine rings is 1. The van der Waals surface area contributed by atoms with Crippen molar-refractivity contribution in [2.75, 3.05) is 0 Å². The van der Waals surface area contributed by atoms with E-state index in [1.54, 1.807) is 6.20 Å². The second-order valence-electron chi connectivity index (χ2n) is 3.91. The lowest BCUT2D eigenvalue weighted by molar-refractivity contribution is 0.162. The largest absolute Gasteiger partial charge is 0.387 e. The summed E-state index contributed by atoms with van der Waals surface area (Å²) < 4.78 is 14.6. The highest BCUT2D eigenvalue weighted by Crippen LogP contribution is 2.16. The lowest BCUT2D eigenvalue weighted by atomic mass is 10.1. The number of nitrogens with zero attached hydrogens (tertiary/aromatic N) is 3. The maximum atomic E-state index is 12.7. The van der Waals surface area contributed by atoms with Gasteiger partial charge in [-0.25, -0.2) is 9.37 Å². The van der Waals surface area contributed by atoms with Crippen molar-refractivity contribution >= 4 is 0 Å². The molecule has 2 heterocycles. The van der Waals surface area contributed by atoms with Crippen LogP contribution >= 0.6 is 0 Å². The fourth-order valence-electron chi connectivity index (χ4n) is 1.64. The molecule has 0 aliphatic carbocycles. The summed E-state index contributed by atoms with van der Waals surface area (Å²) in [7, 11) is 1.91. The van der Waals surface area contributed by atoms with Gasteiger partial charge in [-0.1, -0.05) is 0 Å². The number of hydrogen-bond donors (Lipinski definition) is 1. The highest BCUT2D eigenvalue weighted by atomic mass is 19.1. The van der Waals surface area contributed by atoms with Crippen LogP contribution in [0.2, 0.25) is 0 Å². The molecule has 4 nitrogen and oxygen atoms in total. The molecule has 0 saturated heterocycles. The van der Waals surface area contributed by atoms with Gasteiger partial charge in [0.15, 0.2) is 0 Å². The molecule has 2 rings (SSSR count). The Bertz CT molecular complexity index is 481. The lowest BCUT2D eigenvalue weighted by Crippen LogP contribution is -2.05. The topological polar surface area (TPSA) is 50.9 Å². The summed E-state index contributed by atoms with van der Waals surface area (Å²) in [6, 6.07) is 2.80. The van der Waals surface area contributed by atoms with Crippen LogP contribution in [0.3, 0.4) is 0 Å². The molecule has 2 aromatic heterocycles. The van der Waals surface area contributed by atoms with Crippen LogP contribution in [0.5, 0.6) is 0 Å². The van der Waals surface area contributed by atoms with Crippen LogP contribution < -0.4 is 0 Å². The molecule has 0 fully saturated rings. The molecular formula is C12H14FN3O. The molecular weight excluding hydrogens is 221 g/mol. The molecule has 0 saturated carbocycles. The zero-order valence-corrected chi connectivity index (χ0v) is 9.55. The first-order valence-corrected chi connectivity index (χ1v) is 5.42. The van der Waals surface area contributed by atoms with Gasteiger partial charge in [-0.3, -0.25) is 4.98 Å². The van der Waals surface area contributed by atoms with Crippen molar-refractivity contribution in [3.05, 3.63) is 48.1 Å². The van der Waals surface area contributed by atoms with E-state index in [0.717, 1.165) is 12.0 Å². The summed E-state index contributed by atoms with van der Waals surface area (Å²) in [4.78, 5) is 8.02. The van der Waals surface area contributed by atoms with E-state index < -0.39 is 11.9 Å². The van der Waals surface area contributed by atoms with E-state index in [-0.39, 0.29) is 0 Å². The van der Waals surface area contributed by atoms with Gasteiger partial charge in [-0.15, -0.1) is 0 Å². The van der Waals surface area contributed by atoms with Crippen LogP contribution in [0.1, 0.15) is 24.0 Å². The van der Waals surface area contributed by atoms with Crippen molar-refractivity contribution in [2.24, 2.45) is 7.05 Å². The Kier molecular flexibility index (Phi) is 3.49. The number of halogens is 1. The molecule has 0 radical (unpaired) electrons. The molecule has 1 unspecified atom stereocenters. The second kappa shape index (κ2) is 5.05. The summed E-state index contributed by atoms with van der Waals surface area (Å²) >= 11 is 0. The fourth-order valence-corrected chi connectivity index (χ4v) is 1.64. The Hall–Kier alpha value is -1.75. The Morgan fingerprint density at radius 2 is 2.24 bits per heavy atom. The maximum Gasteiger partial charge on any atom is 0.141 e. The van der Waals surface area contributed by atoms with Gasteiger partial charge in [-0.05, 0) is 18.6 Å². The second-order valence-corrected chi connectivity index (χ2v) is 3.91. The summed E-state index contributed by atoms with van der Waals surface area (Å²) in [6.45, 7) is 0. The third-order valence-electron chi connectivity index (χ3n) is 2.65. The number of hydrogen-bond acceptors (Lipinski definition) is 3. The van der Waals surface area contributed by atoms with Crippen LogP contribution in [0.4, 0.5) is 4.39 Å². The number of rotatable bonds is 4. The number of imidazole rings is 1. The van der Waals surface area contributed by atoms with Crippen molar-refractivity contribution in [3.8, 4) is 0 Å². The number of aliphatic hydroxyl groups excluding tert-OH is 1. The van der Waals surface area contributed by atoms with E-state index >= 15 is 0 Å². The van der Waals surface area contributed by atoms with Crippen molar-refractivity contribution in [1.82, 2.24) is 14.5 Å². The zero-order chi connectivity index (χ0) is 12.3. The molecule has 0 amide bonds. The Morgan fingerprint density at radius 1 is 1.41 bits per heavy atom. The number of aliphatic hydroxyl groups is 1. The maximum absolute atomic E-state index is 12.7. The van der Waals surface area contributed by atoms with Gasteiger partial charge >= 0.3 is 0 Å². The van der Waals surface area contributed by atoms with Gasteiger partial charge in [0, 0.05) is 25.9 Å². The highest BCUT2D eigenvalue weighted by Gasteiger charge is 2.10. The summed E-state index contributed by atoms with van der Waals surface area (Å²) in [5.41, 5.74) is 0.487. The van der Waals surface area contributed by atoms with Gasteiger partial charge in [0.2, 0.25) is 0 Å². The first-order chi connectivity index (χ1) is 8.16. The molecule has 2 aromatic rings. The lowest BCUT2D eigenvalue weighted by Gasteiger charge is -2.09. The average molecular weight is 235 g/mol. The molecule has 90 valence electrons. The molecule has 1 N–H and O–H groups in total. The number of aromatic nitrogens is 3. The smallest absolute Gasteiger partial charge is 0.141 e. The monoisotopic (exact) mass is 235 g/mol. The van der Waals surface area contributed by atoms with Crippen LogP contribution in [0, 0.1) is 5.82 Å².